The van der Waals surface area contributed by atoms with Crippen LogP contribution in [0.3, 0.4) is 0 Å². The van der Waals surface area contributed by atoms with E-state index in [2.05, 4.69) is 42.6 Å². The van der Waals surface area contributed by atoms with E-state index in [0.717, 1.165) is 18.9 Å². The molecule has 7 heteroatoms. The summed E-state index contributed by atoms with van der Waals surface area (Å²) in [6, 6.07) is 1.20. The zero-order valence-corrected chi connectivity index (χ0v) is 17.6. The van der Waals surface area contributed by atoms with Crippen molar-refractivity contribution in [3.8, 4) is 0 Å². The molecule has 0 aliphatic heterocycles. The van der Waals surface area contributed by atoms with Gasteiger partial charge in [-0.1, -0.05) is 33.3 Å². The van der Waals surface area contributed by atoms with E-state index in [0.29, 0.717) is 24.5 Å². The Morgan fingerprint density at radius 2 is 2.00 bits per heavy atom. The molecule has 0 aromatic heterocycles. The van der Waals surface area contributed by atoms with Crippen molar-refractivity contribution in [2.45, 2.75) is 78.1 Å². The fraction of sp³-hybridized carbons (Fsp3) is 0.750. The minimum absolute atomic E-state index is 0.218. The van der Waals surface area contributed by atoms with Gasteiger partial charge in [-0.15, -0.1) is 0 Å². The predicted octanol–water partition coefficient (Wildman–Crippen LogP) is 2.21. The Hall–Kier alpha value is -1.73. The van der Waals surface area contributed by atoms with Crippen LogP contribution in [-0.2, 0) is 4.74 Å². The number of nitrogens with two attached hydrogens (primary N) is 3. The van der Waals surface area contributed by atoms with Crippen LogP contribution in [0.1, 0.15) is 59.8 Å². The molecule has 0 unspecified atom stereocenters. The van der Waals surface area contributed by atoms with E-state index in [-0.39, 0.29) is 17.6 Å². The maximum atomic E-state index is 6.04. The number of nitrogens with zero attached hydrogens (tertiary/aromatic N) is 2. The summed E-state index contributed by atoms with van der Waals surface area (Å²) in [5.74, 6) is 1.29. The van der Waals surface area contributed by atoms with Gasteiger partial charge in [0.25, 0.3) is 0 Å². The first-order valence-electron chi connectivity index (χ1n) is 10.2. The van der Waals surface area contributed by atoms with Crippen molar-refractivity contribution in [2.75, 3.05) is 13.2 Å². The van der Waals surface area contributed by atoms with Crippen molar-refractivity contribution in [1.82, 2.24) is 10.2 Å². The Morgan fingerprint density at radius 3 is 2.48 bits per heavy atom. The molecular weight excluding hydrogens is 340 g/mol. The van der Waals surface area contributed by atoms with Crippen LogP contribution in [0, 0.1) is 5.92 Å². The average Bonchev–Trinajstić information content (AvgIpc) is 2.59. The standard InChI is InChI=1S/C20H40N6O/c1-6-8-16-11-17(12-16)26(14(3)4)9-10-27-18(7-2)25-20(24-13-21)19(23)15(5)22/h13-14,16-18,25H,5-12,22-23H2,1-4H3,(H2,21,24)/b20-19-/t16-,17+,18-/m1/s1. The monoisotopic (exact) mass is 380 g/mol. The Labute approximate surface area is 165 Å². The topological polar surface area (TPSA) is 115 Å². The summed E-state index contributed by atoms with van der Waals surface area (Å²) < 4.78 is 6.04. The molecule has 0 radical (unpaired) electrons. The zero-order valence-electron chi connectivity index (χ0n) is 17.6. The summed E-state index contributed by atoms with van der Waals surface area (Å²) in [7, 11) is 0. The number of nitrogens with one attached hydrogen (secondary N) is 1. The number of hydrogen-bond acceptors (Lipinski definition) is 6. The fourth-order valence-electron chi connectivity index (χ4n) is 3.60. The molecule has 7 N–H and O–H groups in total. The van der Waals surface area contributed by atoms with E-state index in [4.69, 9.17) is 21.9 Å². The third kappa shape index (κ3) is 7.42. The quantitative estimate of drug-likeness (QED) is 0.168. The molecule has 1 aliphatic rings. The summed E-state index contributed by atoms with van der Waals surface area (Å²) in [5.41, 5.74) is 17.5. The molecule has 0 saturated heterocycles. The average molecular weight is 381 g/mol. The zero-order chi connectivity index (χ0) is 20.4. The summed E-state index contributed by atoms with van der Waals surface area (Å²) in [6.07, 6.45) is 6.98. The second kappa shape index (κ2) is 11.9. The second-order valence-corrected chi connectivity index (χ2v) is 7.59. The van der Waals surface area contributed by atoms with Gasteiger partial charge < -0.3 is 27.3 Å². The van der Waals surface area contributed by atoms with E-state index < -0.39 is 0 Å². The van der Waals surface area contributed by atoms with Crippen molar-refractivity contribution in [2.24, 2.45) is 28.1 Å². The van der Waals surface area contributed by atoms with Crippen molar-refractivity contribution in [1.29, 1.82) is 0 Å². The molecule has 1 atom stereocenters. The molecule has 0 spiro atoms. The minimum atomic E-state index is -0.218. The van der Waals surface area contributed by atoms with Gasteiger partial charge in [0, 0.05) is 18.6 Å². The highest BCUT2D eigenvalue weighted by Gasteiger charge is 2.33. The molecule has 1 saturated carbocycles. The van der Waals surface area contributed by atoms with Crippen molar-refractivity contribution in [3.05, 3.63) is 23.8 Å². The Bertz CT molecular complexity index is 511. The maximum Gasteiger partial charge on any atom is 0.155 e. The highest BCUT2D eigenvalue weighted by Crippen LogP contribution is 2.35. The number of ether oxygens (including phenoxy) is 1. The Kier molecular flexibility index (Phi) is 10.3. The van der Waals surface area contributed by atoms with E-state index in [1.807, 2.05) is 6.92 Å². The molecule has 27 heavy (non-hydrogen) atoms. The van der Waals surface area contributed by atoms with Gasteiger partial charge in [-0.05, 0) is 39.0 Å². The van der Waals surface area contributed by atoms with E-state index in [1.54, 1.807) is 0 Å². The molecule has 7 nitrogen and oxygen atoms in total. The Morgan fingerprint density at radius 1 is 1.33 bits per heavy atom. The third-order valence-electron chi connectivity index (χ3n) is 5.18. The van der Waals surface area contributed by atoms with Crippen LogP contribution in [-0.4, -0.2) is 42.7 Å². The lowest BCUT2D eigenvalue weighted by Gasteiger charge is -2.45. The first-order chi connectivity index (χ1) is 12.8. The Balaban J connectivity index is 2.55. The lowest BCUT2D eigenvalue weighted by Crippen LogP contribution is -2.49. The summed E-state index contributed by atoms with van der Waals surface area (Å²) >= 11 is 0. The van der Waals surface area contributed by atoms with Gasteiger partial charge in [0.2, 0.25) is 0 Å². The number of rotatable bonds is 13. The first kappa shape index (κ1) is 23.3. The van der Waals surface area contributed by atoms with E-state index in [9.17, 15) is 0 Å². The van der Waals surface area contributed by atoms with Gasteiger partial charge in [-0.2, -0.15) is 0 Å². The van der Waals surface area contributed by atoms with Gasteiger partial charge in [0.1, 0.15) is 6.23 Å². The molecule has 1 fully saturated rings. The maximum absolute atomic E-state index is 6.04. The van der Waals surface area contributed by atoms with Crippen LogP contribution >= 0.6 is 0 Å². The SMILES string of the molecule is C=C(N)/C(N)=C(\N=C/N)N[C@@H](CC)OCCN(C(C)C)[C@H]1C[C@@H](CCC)C1. The van der Waals surface area contributed by atoms with Gasteiger partial charge in [0.15, 0.2) is 5.82 Å². The highest BCUT2D eigenvalue weighted by molar-refractivity contribution is 5.54. The van der Waals surface area contributed by atoms with Crippen LogP contribution in [0.15, 0.2) is 28.8 Å². The lowest BCUT2D eigenvalue weighted by molar-refractivity contribution is -0.0129. The summed E-state index contributed by atoms with van der Waals surface area (Å²) in [4.78, 5) is 6.61. The lowest BCUT2D eigenvalue weighted by atomic mass is 9.76. The number of aliphatic imine (C=N–C) groups is 1. The fourth-order valence-corrected chi connectivity index (χ4v) is 3.60. The molecule has 1 aliphatic carbocycles. The van der Waals surface area contributed by atoms with Gasteiger partial charge in [0.05, 0.1) is 24.3 Å². The smallest absolute Gasteiger partial charge is 0.155 e. The van der Waals surface area contributed by atoms with Gasteiger partial charge >= 0.3 is 0 Å². The summed E-state index contributed by atoms with van der Waals surface area (Å²) in [5, 5.41) is 3.16. The van der Waals surface area contributed by atoms with Crippen molar-refractivity contribution >= 4 is 6.34 Å². The summed E-state index contributed by atoms with van der Waals surface area (Å²) in [6.45, 7) is 14.0. The van der Waals surface area contributed by atoms with Crippen LogP contribution in [0.4, 0.5) is 0 Å². The van der Waals surface area contributed by atoms with Gasteiger partial charge in [-0.3, -0.25) is 4.90 Å². The van der Waals surface area contributed by atoms with E-state index in [1.165, 1.54) is 32.0 Å². The molecule has 0 amide bonds. The first-order valence-corrected chi connectivity index (χ1v) is 10.2. The van der Waals surface area contributed by atoms with Crippen molar-refractivity contribution < 1.29 is 4.74 Å². The van der Waals surface area contributed by atoms with Crippen LogP contribution < -0.4 is 22.5 Å². The van der Waals surface area contributed by atoms with Crippen molar-refractivity contribution in [3.63, 3.8) is 0 Å². The van der Waals surface area contributed by atoms with Crippen LogP contribution in [0.5, 0.6) is 0 Å². The highest BCUT2D eigenvalue weighted by atomic mass is 16.5. The molecule has 156 valence electrons. The molecule has 0 heterocycles. The molecule has 0 bridgehead atoms. The molecular formula is C20H40N6O. The van der Waals surface area contributed by atoms with E-state index >= 15 is 0 Å². The third-order valence-corrected chi connectivity index (χ3v) is 5.18. The number of hydrogen-bond donors (Lipinski definition) is 4. The van der Waals surface area contributed by atoms with Gasteiger partial charge in [-0.25, -0.2) is 4.99 Å². The van der Waals surface area contributed by atoms with Crippen LogP contribution in [0.2, 0.25) is 0 Å². The normalized spacial score (nSPS) is 22.0. The van der Waals surface area contributed by atoms with Crippen LogP contribution in [0.25, 0.3) is 0 Å². The second-order valence-electron chi connectivity index (χ2n) is 7.59. The molecule has 1 rings (SSSR count). The molecule has 0 aromatic rings. The predicted molar refractivity (Wildman–Crippen MR) is 114 cm³/mol. The molecule has 0 aromatic carbocycles. The largest absolute Gasteiger partial charge is 0.397 e. The minimum Gasteiger partial charge on any atom is -0.397 e.